The summed E-state index contributed by atoms with van der Waals surface area (Å²) >= 11 is 0. The molecule has 0 aliphatic carbocycles. The van der Waals surface area contributed by atoms with E-state index >= 15 is 0 Å². The van der Waals surface area contributed by atoms with Gasteiger partial charge >= 0.3 is 12.2 Å². The molecule has 0 aromatic heterocycles. The lowest BCUT2D eigenvalue weighted by Crippen LogP contribution is -2.58. The Morgan fingerprint density at radius 2 is 1.79 bits per heavy atom. The predicted octanol–water partition coefficient (Wildman–Crippen LogP) is 7.05. The van der Waals surface area contributed by atoms with Crippen molar-refractivity contribution >= 4 is 17.8 Å². The SMILES string of the molecule is C=CCCC.CCOC.CCOc1cccc(/C=C/[C@]2(C(F)(F)F)NC(=O)Nc3cc4c(cc32)OCO4)c1. The largest absolute Gasteiger partial charge is 0.494 e. The topological polar surface area (TPSA) is 78.1 Å². The fourth-order valence-corrected chi connectivity index (χ4v) is 3.52. The molecule has 38 heavy (non-hydrogen) atoms. The van der Waals surface area contributed by atoms with Crippen LogP contribution in [0.5, 0.6) is 17.2 Å². The lowest BCUT2D eigenvalue weighted by atomic mass is 9.85. The van der Waals surface area contributed by atoms with Crippen molar-refractivity contribution in [3.05, 3.63) is 66.3 Å². The van der Waals surface area contributed by atoms with Gasteiger partial charge in [-0.15, -0.1) is 6.58 Å². The Labute approximate surface area is 221 Å². The smallest absolute Gasteiger partial charge is 0.419 e. The van der Waals surface area contributed by atoms with Crippen molar-refractivity contribution in [1.82, 2.24) is 5.32 Å². The molecule has 10 heteroatoms. The highest BCUT2D eigenvalue weighted by molar-refractivity contribution is 5.95. The lowest BCUT2D eigenvalue weighted by Gasteiger charge is -2.39. The zero-order valence-corrected chi connectivity index (χ0v) is 22.1. The van der Waals surface area contributed by atoms with Gasteiger partial charge in [0.15, 0.2) is 17.0 Å². The van der Waals surface area contributed by atoms with Crippen LogP contribution < -0.4 is 24.8 Å². The minimum atomic E-state index is -4.82. The van der Waals surface area contributed by atoms with Crippen LogP contribution in [0.15, 0.2) is 55.1 Å². The van der Waals surface area contributed by atoms with Crippen LogP contribution in [0, 0.1) is 0 Å². The highest BCUT2D eigenvalue weighted by atomic mass is 19.4. The van der Waals surface area contributed by atoms with Crippen molar-refractivity contribution in [2.45, 2.75) is 45.3 Å². The Kier molecular flexibility index (Phi) is 11.5. The maximum atomic E-state index is 14.3. The third kappa shape index (κ3) is 7.67. The van der Waals surface area contributed by atoms with Crippen LogP contribution in [0.4, 0.5) is 23.7 Å². The van der Waals surface area contributed by atoms with Gasteiger partial charge in [0.05, 0.1) is 12.3 Å². The van der Waals surface area contributed by atoms with Crippen molar-refractivity contribution in [3.8, 4) is 17.2 Å². The van der Waals surface area contributed by atoms with E-state index in [1.54, 1.807) is 31.4 Å². The summed E-state index contributed by atoms with van der Waals surface area (Å²) in [6.45, 7) is 10.6. The standard InChI is InChI=1S/C20H17F3N2O4.C5H10.C3H8O/c1-2-27-13-5-3-4-12(8-13)6-7-19(20(21,22)23)14-9-16-17(29-11-28-16)10-15(14)24-18(26)25-19;1-3-5-4-2;1-3-4-2/h3-10H,2,11H2,1H3,(H2,24,25,26);3H,1,4-5H2,2H3;3H2,1-2H3/b7-6+;;/t19-;;/m0../s1. The van der Waals surface area contributed by atoms with E-state index in [4.69, 9.17) is 14.2 Å². The molecule has 2 aromatic rings. The molecule has 0 fully saturated rings. The number of amides is 2. The number of carbonyl (C=O) groups is 1. The van der Waals surface area contributed by atoms with Crippen molar-refractivity contribution < 1.29 is 36.9 Å². The molecule has 208 valence electrons. The summed E-state index contributed by atoms with van der Waals surface area (Å²) in [5.41, 5.74) is -2.43. The average molecular weight is 537 g/mol. The fourth-order valence-electron chi connectivity index (χ4n) is 3.52. The highest BCUT2D eigenvalue weighted by Crippen LogP contribution is 2.49. The number of halogens is 3. The van der Waals surface area contributed by atoms with Crippen LogP contribution in [0.1, 0.15) is 44.7 Å². The molecule has 2 heterocycles. The highest BCUT2D eigenvalue weighted by Gasteiger charge is 2.58. The first-order chi connectivity index (χ1) is 18.1. The molecular weight excluding hydrogens is 501 g/mol. The van der Waals surface area contributed by atoms with Crippen molar-refractivity contribution in [2.24, 2.45) is 0 Å². The Bertz CT molecular complexity index is 1100. The molecule has 1 atom stereocenters. The summed E-state index contributed by atoms with van der Waals surface area (Å²) in [6, 6.07) is 8.25. The Balaban J connectivity index is 0.000000489. The van der Waals surface area contributed by atoms with E-state index in [-0.39, 0.29) is 29.5 Å². The van der Waals surface area contributed by atoms with Gasteiger partial charge in [0.25, 0.3) is 0 Å². The summed E-state index contributed by atoms with van der Waals surface area (Å²) in [5.74, 6) is 0.992. The number of rotatable bonds is 7. The van der Waals surface area contributed by atoms with E-state index in [9.17, 15) is 18.0 Å². The lowest BCUT2D eigenvalue weighted by molar-refractivity contribution is -0.181. The monoisotopic (exact) mass is 536 g/mol. The summed E-state index contributed by atoms with van der Waals surface area (Å²) in [6.07, 6.45) is 1.72. The number of methoxy groups -OCH3 is 1. The quantitative estimate of drug-likeness (QED) is 0.371. The molecule has 0 spiro atoms. The van der Waals surface area contributed by atoms with E-state index < -0.39 is 17.7 Å². The van der Waals surface area contributed by atoms with Crippen LogP contribution in [0.3, 0.4) is 0 Å². The van der Waals surface area contributed by atoms with E-state index in [2.05, 4.69) is 23.6 Å². The van der Waals surface area contributed by atoms with Crippen molar-refractivity contribution in [2.75, 3.05) is 32.4 Å². The molecule has 0 unspecified atom stereocenters. The van der Waals surface area contributed by atoms with Gasteiger partial charge in [0, 0.05) is 25.3 Å². The van der Waals surface area contributed by atoms with Crippen LogP contribution >= 0.6 is 0 Å². The molecule has 2 N–H and O–H groups in total. The number of fused-ring (bicyclic) bond motifs is 2. The average Bonchev–Trinajstić information content (AvgIpc) is 3.34. The van der Waals surface area contributed by atoms with Gasteiger partial charge in [-0.2, -0.15) is 13.2 Å². The summed E-state index contributed by atoms with van der Waals surface area (Å²) < 4.78 is 63.3. The van der Waals surface area contributed by atoms with Crippen LogP contribution in [0.25, 0.3) is 6.08 Å². The predicted molar refractivity (Wildman–Crippen MR) is 142 cm³/mol. The van der Waals surface area contributed by atoms with Gasteiger partial charge in [0.2, 0.25) is 6.79 Å². The van der Waals surface area contributed by atoms with E-state index in [1.165, 1.54) is 24.6 Å². The van der Waals surface area contributed by atoms with Gasteiger partial charge in [-0.1, -0.05) is 37.6 Å². The number of anilines is 1. The molecular formula is C28H35F3N2O5. The second kappa shape index (κ2) is 14.3. The number of allylic oxidation sites excluding steroid dienone is 1. The maximum absolute atomic E-state index is 14.3. The molecule has 0 radical (unpaired) electrons. The second-order valence-corrected chi connectivity index (χ2v) is 8.13. The second-order valence-electron chi connectivity index (χ2n) is 8.13. The van der Waals surface area contributed by atoms with E-state index in [0.29, 0.717) is 17.9 Å². The summed E-state index contributed by atoms with van der Waals surface area (Å²) in [5, 5.41) is 4.44. The minimum Gasteiger partial charge on any atom is -0.494 e. The van der Waals surface area contributed by atoms with Crippen molar-refractivity contribution in [3.63, 3.8) is 0 Å². The molecule has 2 aromatic carbocycles. The van der Waals surface area contributed by atoms with Crippen LogP contribution in [0.2, 0.25) is 0 Å². The maximum Gasteiger partial charge on any atom is 0.419 e. The molecule has 2 aliphatic rings. The third-order valence-corrected chi connectivity index (χ3v) is 5.42. The van der Waals surface area contributed by atoms with Gasteiger partial charge in [0.1, 0.15) is 5.75 Å². The summed E-state index contributed by atoms with van der Waals surface area (Å²) in [7, 11) is 1.68. The number of ether oxygens (including phenoxy) is 4. The van der Waals surface area contributed by atoms with Gasteiger partial charge in [-0.3, -0.25) is 0 Å². The first kappa shape index (κ1) is 30.6. The molecule has 7 nitrogen and oxygen atoms in total. The fraction of sp³-hybridized carbons (Fsp3) is 0.393. The minimum absolute atomic E-state index is 0.00282. The van der Waals surface area contributed by atoms with E-state index in [0.717, 1.165) is 19.1 Å². The number of unbranched alkanes of at least 4 members (excludes halogenated alkanes) is 1. The zero-order valence-electron chi connectivity index (χ0n) is 22.1. The third-order valence-electron chi connectivity index (χ3n) is 5.42. The molecule has 0 bridgehead atoms. The number of carbonyl (C=O) groups excluding carboxylic acids is 1. The Hall–Kier alpha value is -3.66. The first-order valence-electron chi connectivity index (χ1n) is 12.3. The molecule has 0 saturated heterocycles. The van der Waals surface area contributed by atoms with Crippen LogP contribution in [-0.4, -0.2) is 39.3 Å². The van der Waals surface area contributed by atoms with Gasteiger partial charge < -0.3 is 29.6 Å². The van der Waals surface area contributed by atoms with Crippen LogP contribution in [-0.2, 0) is 10.3 Å². The number of nitrogens with one attached hydrogen (secondary N) is 2. The molecule has 2 aliphatic heterocycles. The number of alkyl halides is 3. The Morgan fingerprint density at radius 3 is 2.34 bits per heavy atom. The molecule has 4 rings (SSSR count). The van der Waals surface area contributed by atoms with Gasteiger partial charge in [-0.25, -0.2) is 4.79 Å². The van der Waals surface area contributed by atoms with Crippen molar-refractivity contribution in [1.29, 1.82) is 0 Å². The number of urea groups is 1. The van der Waals surface area contributed by atoms with E-state index in [1.807, 2.05) is 25.2 Å². The first-order valence-corrected chi connectivity index (χ1v) is 12.3. The number of hydrogen-bond acceptors (Lipinski definition) is 5. The number of benzene rings is 2. The number of hydrogen-bond donors (Lipinski definition) is 2. The summed E-state index contributed by atoms with van der Waals surface area (Å²) in [4.78, 5) is 12.1. The molecule has 0 saturated carbocycles. The Morgan fingerprint density at radius 1 is 1.11 bits per heavy atom. The van der Waals surface area contributed by atoms with Gasteiger partial charge in [-0.05, 0) is 50.1 Å². The normalized spacial score (nSPS) is 17.2. The molecule has 2 amide bonds. The zero-order chi connectivity index (χ0) is 28.2.